The maximum absolute atomic E-state index is 14.4. The summed E-state index contributed by atoms with van der Waals surface area (Å²) < 4.78 is 79.7. The normalized spacial score (nSPS) is 18.0. The molecule has 3 aliphatic heterocycles. The number of ether oxygens (including phenoxy) is 6. The summed E-state index contributed by atoms with van der Waals surface area (Å²) in [6.07, 6.45) is 5.38. The van der Waals surface area contributed by atoms with Crippen molar-refractivity contribution in [1.29, 1.82) is 0 Å². The van der Waals surface area contributed by atoms with E-state index in [0.717, 1.165) is 12.0 Å². The molecule has 9 aromatic rings. The lowest BCUT2D eigenvalue weighted by Crippen LogP contribution is -2.55. The summed E-state index contributed by atoms with van der Waals surface area (Å²) in [7, 11) is 5.99. The number of carboxylic acid groups (broad SMARTS) is 2. The van der Waals surface area contributed by atoms with Crippen LogP contribution in [0.25, 0.3) is 33.1 Å². The van der Waals surface area contributed by atoms with Crippen LogP contribution < -0.4 is 36.2 Å². The molecule has 3 aromatic heterocycles. The van der Waals surface area contributed by atoms with E-state index in [1.807, 2.05) is 20.8 Å². The number of halogens is 3. The third-order valence-electron chi connectivity index (χ3n) is 21.3. The van der Waals surface area contributed by atoms with Crippen molar-refractivity contribution in [2.24, 2.45) is 0 Å². The standard InChI is InChI=1S/C31H39FN4O6.C30H37FN4O6.C25H29FN4O4/c1-20-7-8-21(15-24(20)32)19-36(30(39)42-31(2,3)4)22-11-12-34(27(16-22)29(38)41-6)13-14-35-26-17-23(40-5)9-10-25(26)33-18-28(35)37;1-19-6-7-20(14-23(19)31)18-35(29(39)41-30(2,3)4)21-10-11-33(26(15-21)28(37)38)12-13-34-25-16-22(40-5)8-9-24(25)32-17-27(34)36;1-16-3-4-17(11-20(16)26)14-27-18-7-8-29(23(12-18)25(32)33)9-10-30-22-13-19(34-2)5-6-21(22)28-15-24(30)31/h7-10,15,17-18,22,27H,11-14,16,19H2,1-6H3;6-9,14,16-17,21,26H,10-13,15,18H2,1-5H3,(H,37,38);3-6,11,13,15,18,23,27H,7-10,12,14H2,1-2H3,(H,32,33). The maximum atomic E-state index is 14.4. The van der Waals surface area contributed by atoms with Crippen LogP contribution in [0, 0.1) is 38.2 Å². The minimum Gasteiger partial charge on any atom is -0.497 e. The number of likely N-dealkylation sites (tertiary alicyclic amines) is 3. The molecule has 6 atom stereocenters. The van der Waals surface area contributed by atoms with Gasteiger partial charge in [-0.2, -0.15) is 0 Å². The Labute approximate surface area is 676 Å². The molecule has 28 nitrogen and oxygen atoms in total. The number of amides is 2. The monoisotopic (exact) mass is 1620 g/mol. The van der Waals surface area contributed by atoms with Crippen LogP contribution in [0.4, 0.5) is 22.8 Å². The van der Waals surface area contributed by atoms with Crippen molar-refractivity contribution in [3.63, 3.8) is 0 Å². The molecule has 0 radical (unpaired) electrons. The Hall–Kier alpha value is -11.3. The molecule has 6 heterocycles. The average molecular weight is 1620 g/mol. The molecule has 0 spiro atoms. The highest BCUT2D eigenvalue weighted by Crippen LogP contribution is 2.31. The Balaban J connectivity index is 0.000000186. The number of carbonyl (C=O) groups excluding carboxylic acids is 3. The molecule has 3 aliphatic rings. The Morgan fingerprint density at radius 3 is 1.15 bits per heavy atom. The molecule has 12 rings (SSSR count). The number of nitrogens with one attached hydrogen (secondary N) is 1. The molecule has 3 saturated heterocycles. The van der Waals surface area contributed by atoms with Crippen LogP contribution in [-0.4, -0.2) is 209 Å². The molecule has 2 amide bonds. The first-order chi connectivity index (χ1) is 55.6. The van der Waals surface area contributed by atoms with Crippen molar-refractivity contribution >= 4 is 63.2 Å². The maximum Gasteiger partial charge on any atom is 0.410 e. The number of methoxy groups -OCH3 is 4. The minimum atomic E-state index is -1.02. The van der Waals surface area contributed by atoms with Crippen molar-refractivity contribution in [2.45, 2.75) is 188 Å². The number of carboxylic acids is 2. The highest BCUT2D eigenvalue weighted by Gasteiger charge is 2.42. The molecule has 6 unspecified atom stereocenters. The molecule has 31 heteroatoms. The number of carbonyl (C=O) groups is 5. The Morgan fingerprint density at radius 1 is 0.462 bits per heavy atom. The lowest BCUT2D eigenvalue weighted by Gasteiger charge is -2.42. The van der Waals surface area contributed by atoms with Crippen LogP contribution in [0.3, 0.4) is 0 Å². The predicted molar refractivity (Wildman–Crippen MR) is 434 cm³/mol. The first kappa shape index (κ1) is 88.1. The second kappa shape index (κ2) is 39.1. The van der Waals surface area contributed by atoms with Crippen LogP contribution in [0.1, 0.15) is 113 Å². The zero-order valence-electron chi connectivity index (χ0n) is 68.5. The lowest BCUT2D eigenvalue weighted by atomic mass is 9.95. The molecule has 117 heavy (non-hydrogen) atoms. The fourth-order valence-corrected chi connectivity index (χ4v) is 14.8. The highest BCUT2D eigenvalue weighted by atomic mass is 19.1. The molecule has 0 bridgehead atoms. The van der Waals surface area contributed by atoms with Gasteiger partial charge >= 0.3 is 30.1 Å². The second-order valence-electron chi connectivity index (χ2n) is 31.6. The van der Waals surface area contributed by atoms with Crippen molar-refractivity contribution in [3.05, 3.63) is 210 Å². The lowest BCUT2D eigenvalue weighted by molar-refractivity contribution is -0.149. The van der Waals surface area contributed by atoms with E-state index in [0.29, 0.717) is 163 Å². The number of aromatic nitrogens is 6. The number of piperidine rings is 3. The average Bonchev–Trinajstić information content (AvgIpc) is 0.792. The molecule has 3 fully saturated rings. The number of benzene rings is 6. The van der Waals surface area contributed by atoms with Crippen LogP contribution in [0.5, 0.6) is 17.2 Å². The number of hydrogen-bond acceptors (Lipinski definition) is 21. The van der Waals surface area contributed by atoms with Gasteiger partial charge in [-0.3, -0.25) is 43.5 Å². The zero-order valence-corrected chi connectivity index (χ0v) is 68.5. The summed E-state index contributed by atoms with van der Waals surface area (Å²) in [5.74, 6) is -1.50. The Morgan fingerprint density at radius 2 is 0.803 bits per heavy atom. The summed E-state index contributed by atoms with van der Waals surface area (Å²) in [4.78, 5) is 124. The molecule has 626 valence electrons. The summed E-state index contributed by atoms with van der Waals surface area (Å²) in [6, 6.07) is 27.7. The largest absolute Gasteiger partial charge is 0.497 e. The van der Waals surface area contributed by atoms with Crippen LogP contribution >= 0.6 is 0 Å². The van der Waals surface area contributed by atoms with Gasteiger partial charge in [0.1, 0.15) is 64.0 Å². The number of aryl methyl sites for hydroxylation is 3. The van der Waals surface area contributed by atoms with E-state index in [1.165, 1.54) is 55.9 Å². The van der Waals surface area contributed by atoms with E-state index in [2.05, 4.69) is 20.3 Å². The van der Waals surface area contributed by atoms with Gasteiger partial charge in [0.05, 0.1) is 80.1 Å². The number of aliphatic carboxylic acids is 2. The third kappa shape index (κ3) is 23.1. The van der Waals surface area contributed by atoms with E-state index < -0.39 is 65.5 Å². The van der Waals surface area contributed by atoms with Gasteiger partial charge in [-0.05, 0) is 189 Å². The number of hydrogen-bond donors (Lipinski definition) is 3. The molecule has 3 N–H and O–H groups in total. The van der Waals surface area contributed by atoms with Crippen molar-refractivity contribution in [1.82, 2.24) is 58.5 Å². The van der Waals surface area contributed by atoms with Crippen molar-refractivity contribution < 1.29 is 75.8 Å². The van der Waals surface area contributed by atoms with Crippen LogP contribution in [0.15, 0.2) is 142 Å². The van der Waals surface area contributed by atoms with Gasteiger partial charge < -0.3 is 67.5 Å². The first-order valence-electron chi connectivity index (χ1n) is 39.0. The molecule has 0 saturated carbocycles. The number of fused-ring (bicyclic) bond motifs is 3. The fraction of sp³-hybridized carbons (Fsp3) is 0.453. The summed E-state index contributed by atoms with van der Waals surface area (Å²) in [5.41, 5.74) is 5.19. The van der Waals surface area contributed by atoms with Gasteiger partial charge in [-0.15, -0.1) is 0 Å². The second-order valence-corrected chi connectivity index (χ2v) is 31.6. The van der Waals surface area contributed by atoms with Crippen molar-refractivity contribution in [2.75, 3.05) is 67.7 Å². The summed E-state index contributed by atoms with van der Waals surface area (Å²) in [5, 5.41) is 23.4. The van der Waals surface area contributed by atoms with E-state index in [9.17, 15) is 61.7 Å². The summed E-state index contributed by atoms with van der Waals surface area (Å²) >= 11 is 0. The molecular weight excluding hydrogens is 1510 g/mol. The first-order valence-corrected chi connectivity index (χ1v) is 39.0. The van der Waals surface area contributed by atoms with E-state index in [-0.39, 0.29) is 72.3 Å². The topological polar surface area (TPSA) is 314 Å². The van der Waals surface area contributed by atoms with Gasteiger partial charge in [0.15, 0.2) is 0 Å². The van der Waals surface area contributed by atoms with Gasteiger partial charge in [0.2, 0.25) is 0 Å². The number of rotatable bonds is 24. The highest BCUT2D eigenvalue weighted by molar-refractivity contribution is 5.79. The van der Waals surface area contributed by atoms with E-state index in [4.69, 9.17) is 28.4 Å². The van der Waals surface area contributed by atoms with Gasteiger partial charge in [0.25, 0.3) is 16.7 Å². The van der Waals surface area contributed by atoms with E-state index in [1.54, 1.807) is 180 Å². The quantitative estimate of drug-likeness (QED) is 0.0374. The predicted octanol–water partition coefficient (Wildman–Crippen LogP) is 11.1. The minimum absolute atomic E-state index is 0.00968. The smallest absolute Gasteiger partial charge is 0.410 e. The Kier molecular flexibility index (Phi) is 29.4. The zero-order chi connectivity index (χ0) is 84.7. The molecule has 6 aromatic carbocycles. The number of esters is 1. The van der Waals surface area contributed by atoms with Crippen LogP contribution in [0.2, 0.25) is 0 Å². The van der Waals surface area contributed by atoms with Crippen LogP contribution in [-0.2, 0) is 67.9 Å². The third-order valence-corrected chi connectivity index (χ3v) is 21.3. The molecule has 0 aliphatic carbocycles. The van der Waals surface area contributed by atoms with Gasteiger partial charge in [0, 0.05) is 115 Å². The number of nitrogens with zero attached hydrogens (tertiary/aromatic N) is 11. The Bertz CT molecular complexity index is 5240. The fourth-order valence-electron chi connectivity index (χ4n) is 14.8. The van der Waals surface area contributed by atoms with Gasteiger partial charge in [-0.1, -0.05) is 36.4 Å². The summed E-state index contributed by atoms with van der Waals surface area (Å²) in [6.45, 7) is 19.8. The van der Waals surface area contributed by atoms with Crippen molar-refractivity contribution in [3.8, 4) is 17.2 Å². The van der Waals surface area contributed by atoms with Gasteiger partial charge in [-0.25, -0.2) is 37.7 Å². The van der Waals surface area contributed by atoms with E-state index >= 15 is 0 Å². The molecular formula is C86H105F3N12O16. The SMILES string of the molecule is COC(=O)C1CC(N(Cc2ccc(C)c(F)c2)C(=O)OC(C)(C)C)CCN1CCn1c(=O)cnc2ccc(OC)cc21.COc1ccc2ncc(=O)n(CCN3CCC(N(Cc4ccc(C)c(F)c4)C(=O)OC(C)(C)C)CC3C(=O)O)c2c1.COc1ccc2ncc(=O)n(CCN3CCC(NCc4ccc(C)c(F)c4)CC3C(=O)O)c2c1.